The van der Waals surface area contributed by atoms with Gasteiger partial charge in [-0.05, 0) is 24.0 Å². The third-order valence-corrected chi connectivity index (χ3v) is 5.69. The smallest absolute Gasteiger partial charge is 0.135 e. The van der Waals surface area contributed by atoms with Crippen LogP contribution in [-0.4, -0.2) is 29.8 Å². The average molecular weight is 305 g/mol. The Morgan fingerprint density at radius 3 is 2.13 bits per heavy atom. The number of rotatable bonds is 2. The number of hydrogen-bond acceptors (Lipinski definition) is 2. The molecule has 118 valence electrons. The minimum Gasteiger partial charge on any atom is -0.300 e. The first kappa shape index (κ1) is 14.6. The van der Waals surface area contributed by atoms with Crippen molar-refractivity contribution in [1.82, 2.24) is 4.90 Å². The summed E-state index contributed by atoms with van der Waals surface area (Å²) < 4.78 is 0. The molecule has 4 rings (SSSR count). The van der Waals surface area contributed by atoms with Gasteiger partial charge in [-0.2, -0.15) is 0 Å². The highest BCUT2D eigenvalue weighted by molar-refractivity contribution is 5.80. The van der Waals surface area contributed by atoms with Crippen LogP contribution in [0.5, 0.6) is 0 Å². The molecule has 0 bridgehead atoms. The highest BCUT2D eigenvalue weighted by Gasteiger charge is 2.43. The van der Waals surface area contributed by atoms with Crippen LogP contribution < -0.4 is 0 Å². The van der Waals surface area contributed by atoms with Gasteiger partial charge in [-0.25, -0.2) is 0 Å². The highest BCUT2D eigenvalue weighted by Crippen LogP contribution is 2.43. The minimum atomic E-state index is 0.0550. The number of piperidine rings is 2. The lowest BCUT2D eigenvalue weighted by molar-refractivity contribution is -0.124. The van der Waals surface area contributed by atoms with Gasteiger partial charge in [0.15, 0.2) is 0 Å². The van der Waals surface area contributed by atoms with Crippen molar-refractivity contribution in [2.75, 3.05) is 13.1 Å². The maximum Gasteiger partial charge on any atom is 0.135 e. The molecule has 2 aliphatic heterocycles. The van der Waals surface area contributed by atoms with Gasteiger partial charge in [-0.3, -0.25) is 9.69 Å². The van der Waals surface area contributed by atoms with Crippen LogP contribution in [-0.2, 0) is 10.2 Å². The van der Waals surface area contributed by atoms with Gasteiger partial charge in [0.05, 0.1) is 0 Å². The molecule has 0 saturated carbocycles. The molecule has 2 heteroatoms. The number of fused-ring (bicyclic) bond motifs is 1. The lowest BCUT2D eigenvalue weighted by atomic mass is 9.67. The number of hydrogen-bond donors (Lipinski definition) is 0. The van der Waals surface area contributed by atoms with Crippen LogP contribution in [0.3, 0.4) is 0 Å². The summed E-state index contributed by atoms with van der Waals surface area (Å²) in [7, 11) is 0. The first-order valence-corrected chi connectivity index (χ1v) is 8.65. The predicted octanol–water partition coefficient (Wildman–Crippen LogP) is 3.80. The summed E-state index contributed by atoms with van der Waals surface area (Å²) in [5.74, 6) is 0.443. The monoisotopic (exact) mass is 305 g/mol. The number of carbonyl (C=O) groups excluding carboxylic acids is 1. The summed E-state index contributed by atoms with van der Waals surface area (Å²) in [6.07, 6.45) is 3.70. The van der Waals surface area contributed by atoms with E-state index in [0.29, 0.717) is 11.8 Å². The zero-order valence-electron chi connectivity index (χ0n) is 13.4. The molecular formula is C21H23NO. The Labute approximate surface area is 138 Å². The summed E-state index contributed by atoms with van der Waals surface area (Å²) >= 11 is 0. The Morgan fingerprint density at radius 1 is 0.913 bits per heavy atom. The van der Waals surface area contributed by atoms with Crippen LogP contribution in [0.2, 0.25) is 0 Å². The second-order valence-electron chi connectivity index (χ2n) is 6.97. The van der Waals surface area contributed by atoms with Crippen LogP contribution in [0.15, 0.2) is 60.7 Å². The van der Waals surface area contributed by atoms with Crippen molar-refractivity contribution in [3.63, 3.8) is 0 Å². The molecule has 2 nitrogen and oxygen atoms in total. The molecule has 2 heterocycles. The summed E-state index contributed by atoms with van der Waals surface area (Å²) in [5.41, 5.74) is 2.86. The molecule has 1 atom stereocenters. The average Bonchev–Trinajstić information content (AvgIpc) is 2.63. The molecule has 0 N–H and O–H groups in total. The van der Waals surface area contributed by atoms with Gasteiger partial charge in [-0.1, -0.05) is 60.7 Å². The first-order chi connectivity index (χ1) is 11.3. The Kier molecular flexibility index (Phi) is 3.78. The summed E-state index contributed by atoms with van der Waals surface area (Å²) in [4.78, 5) is 14.4. The quantitative estimate of drug-likeness (QED) is 0.841. The maximum atomic E-state index is 11.8. The topological polar surface area (TPSA) is 20.3 Å². The van der Waals surface area contributed by atoms with E-state index in [4.69, 9.17) is 0 Å². The fourth-order valence-electron chi connectivity index (χ4n) is 4.43. The number of nitrogens with zero attached hydrogens (tertiary/aromatic N) is 1. The van der Waals surface area contributed by atoms with Crippen LogP contribution >= 0.6 is 0 Å². The largest absolute Gasteiger partial charge is 0.300 e. The Bertz CT molecular complexity index is 640. The lowest BCUT2D eigenvalue weighted by Gasteiger charge is -2.49. The highest BCUT2D eigenvalue weighted by atomic mass is 16.1. The fourth-order valence-corrected chi connectivity index (χ4v) is 4.43. The molecular weight excluding hydrogens is 282 g/mol. The molecule has 2 aliphatic rings. The minimum absolute atomic E-state index is 0.0550. The lowest BCUT2D eigenvalue weighted by Crippen LogP contribution is -2.54. The Hall–Kier alpha value is -1.93. The van der Waals surface area contributed by atoms with E-state index in [9.17, 15) is 4.79 Å². The van der Waals surface area contributed by atoms with E-state index in [2.05, 4.69) is 65.6 Å². The first-order valence-electron chi connectivity index (χ1n) is 8.65. The molecule has 1 unspecified atom stereocenters. The number of ketones is 1. The number of carbonyl (C=O) groups is 1. The zero-order valence-corrected chi connectivity index (χ0v) is 13.4. The van der Waals surface area contributed by atoms with E-state index in [1.165, 1.54) is 11.1 Å². The van der Waals surface area contributed by atoms with Crippen molar-refractivity contribution in [3.8, 4) is 0 Å². The predicted molar refractivity (Wildman–Crippen MR) is 92.5 cm³/mol. The van der Waals surface area contributed by atoms with Crippen molar-refractivity contribution in [3.05, 3.63) is 71.8 Å². The molecule has 0 spiro atoms. The third-order valence-electron chi connectivity index (χ3n) is 5.69. The molecule has 0 amide bonds. The van der Waals surface area contributed by atoms with Crippen molar-refractivity contribution >= 4 is 5.78 Å². The van der Waals surface area contributed by atoms with Gasteiger partial charge in [0.2, 0.25) is 0 Å². The number of benzene rings is 2. The Balaban J connectivity index is 1.75. The van der Waals surface area contributed by atoms with Crippen molar-refractivity contribution in [2.45, 2.75) is 37.1 Å². The molecule has 2 aromatic carbocycles. The standard InChI is InChI=1S/C21H23NO/c23-20-12-14-22-16-21(13-11-19(22)15-20,17-7-3-1-4-8-17)18-9-5-2-6-10-18/h1-10,19H,11-16H2. The fraction of sp³-hybridized carbons (Fsp3) is 0.381. The second-order valence-corrected chi connectivity index (χ2v) is 6.97. The summed E-state index contributed by atoms with van der Waals surface area (Å²) in [6.45, 7) is 1.95. The van der Waals surface area contributed by atoms with Crippen molar-refractivity contribution in [1.29, 1.82) is 0 Å². The normalized spacial score (nSPS) is 24.2. The second kappa shape index (κ2) is 5.93. The molecule has 2 fully saturated rings. The zero-order chi connectivity index (χ0) is 15.7. The van der Waals surface area contributed by atoms with E-state index in [0.717, 1.165) is 38.8 Å². The van der Waals surface area contributed by atoms with Gasteiger partial charge >= 0.3 is 0 Å². The van der Waals surface area contributed by atoms with Gasteiger partial charge in [0.1, 0.15) is 5.78 Å². The molecule has 2 saturated heterocycles. The van der Waals surface area contributed by atoms with E-state index in [-0.39, 0.29) is 5.41 Å². The summed E-state index contributed by atoms with van der Waals surface area (Å²) in [6, 6.07) is 22.3. The summed E-state index contributed by atoms with van der Waals surface area (Å²) in [5, 5.41) is 0. The van der Waals surface area contributed by atoms with Crippen LogP contribution in [0.1, 0.15) is 36.8 Å². The van der Waals surface area contributed by atoms with E-state index in [1.807, 2.05) is 0 Å². The van der Waals surface area contributed by atoms with Gasteiger partial charge < -0.3 is 0 Å². The molecule has 0 aliphatic carbocycles. The maximum absolute atomic E-state index is 11.8. The van der Waals surface area contributed by atoms with Crippen LogP contribution in [0, 0.1) is 0 Å². The molecule has 0 radical (unpaired) electrons. The van der Waals surface area contributed by atoms with E-state index < -0.39 is 0 Å². The third kappa shape index (κ3) is 2.61. The van der Waals surface area contributed by atoms with Crippen LogP contribution in [0.25, 0.3) is 0 Å². The van der Waals surface area contributed by atoms with Gasteiger partial charge in [0.25, 0.3) is 0 Å². The number of Topliss-reactive ketones (excluding diaryl/α,β-unsaturated/α-hetero) is 1. The van der Waals surface area contributed by atoms with Gasteiger partial charge in [-0.15, -0.1) is 0 Å². The van der Waals surface area contributed by atoms with Gasteiger partial charge in [0, 0.05) is 37.4 Å². The van der Waals surface area contributed by atoms with E-state index >= 15 is 0 Å². The molecule has 0 aromatic heterocycles. The van der Waals surface area contributed by atoms with Crippen molar-refractivity contribution in [2.24, 2.45) is 0 Å². The molecule has 2 aromatic rings. The van der Waals surface area contributed by atoms with E-state index in [1.54, 1.807) is 0 Å². The Morgan fingerprint density at radius 2 is 1.52 bits per heavy atom. The molecule has 23 heavy (non-hydrogen) atoms. The SMILES string of the molecule is O=C1CCN2CC(c3ccccc3)(c3ccccc3)CCC2C1. The van der Waals surface area contributed by atoms with Crippen molar-refractivity contribution < 1.29 is 4.79 Å². The van der Waals surface area contributed by atoms with Crippen LogP contribution in [0.4, 0.5) is 0 Å².